The van der Waals surface area contributed by atoms with Gasteiger partial charge in [-0.2, -0.15) is 0 Å². The monoisotopic (exact) mass is 330 g/mol. The lowest BCUT2D eigenvalue weighted by Crippen LogP contribution is -2.45. The van der Waals surface area contributed by atoms with Crippen molar-refractivity contribution in [3.05, 3.63) is 12.4 Å². The number of nitrogens with zero attached hydrogens (tertiary/aromatic N) is 4. The van der Waals surface area contributed by atoms with Crippen molar-refractivity contribution >= 4 is 5.91 Å². The van der Waals surface area contributed by atoms with Crippen LogP contribution in [0.15, 0.2) is 12.4 Å². The van der Waals surface area contributed by atoms with Gasteiger partial charge in [0.25, 0.3) is 0 Å². The van der Waals surface area contributed by atoms with Gasteiger partial charge in [-0.3, -0.25) is 9.48 Å². The van der Waals surface area contributed by atoms with Crippen molar-refractivity contribution in [1.82, 2.24) is 19.9 Å². The van der Waals surface area contributed by atoms with E-state index in [0.29, 0.717) is 17.7 Å². The number of amides is 1. The molecular weight excluding hydrogens is 300 g/mol. The molecule has 3 fully saturated rings. The van der Waals surface area contributed by atoms with Crippen LogP contribution in [0, 0.1) is 23.7 Å². The van der Waals surface area contributed by atoms with E-state index in [4.69, 9.17) is 0 Å². The molecule has 24 heavy (non-hydrogen) atoms. The largest absolute Gasteiger partial charge is 0.342 e. The number of fused-ring (bicyclic) bond motifs is 1. The average molecular weight is 330 g/mol. The van der Waals surface area contributed by atoms with Gasteiger partial charge in [0.05, 0.1) is 6.20 Å². The van der Waals surface area contributed by atoms with Gasteiger partial charge in [-0.15, -0.1) is 5.10 Å². The van der Waals surface area contributed by atoms with E-state index in [1.807, 2.05) is 10.9 Å². The number of hydrogen-bond donors (Lipinski definition) is 0. The Balaban J connectivity index is 1.33. The van der Waals surface area contributed by atoms with Crippen molar-refractivity contribution in [3.8, 4) is 0 Å². The Bertz CT molecular complexity index is 544. The van der Waals surface area contributed by atoms with Crippen LogP contribution in [0.2, 0.25) is 0 Å². The summed E-state index contributed by atoms with van der Waals surface area (Å²) in [6.07, 6.45) is 15.1. The van der Waals surface area contributed by atoms with Gasteiger partial charge < -0.3 is 4.90 Å². The molecule has 2 aliphatic carbocycles. The molecule has 132 valence electrons. The van der Waals surface area contributed by atoms with Crippen molar-refractivity contribution < 1.29 is 4.79 Å². The van der Waals surface area contributed by atoms with Crippen molar-refractivity contribution in [3.63, 3.8) is 0 Å². The molecule has 1 aromatic rings. The summed E-state index contributed by atoms with van der Waals surface area (Å²) in [5.74, 6) is 3.02. The van der Waals surface area contributed by atoms with Crippen molar-refractivity contribution in [2.24, 2.45) is 23.7 Å². The Kier molecular flexibility index (Phi) is 4.86. The summed E-state index contributed by atoms with van der Waals surface area (Å²) >= 11 is 0. The highest BCUT2D eigenvalue weighted by Crippen LogP contribution is 2.43. The van der Waals surface area contributed by atoms with E-state index in [1.54, 1.807) is 6.20 Å². The van der Waals surface area contributed by atoms with Crippen LogP contribution in [0.1, 0.15) is 57.8 Å². The molecule has 4 atom stereocenters. The van der Waals surface area contributed by atoms with Crippen molar-refractivity contribution in [2.75, 3.05) is 13.1 Å². The molecular formula is C19H30N4O. The summed E-state index contributed by atoms with van der Waals surface area (Å²) < 4.78 is 1.91. The molecule has 5 nitrogen and oxygen atoms in total. The first-order valence-electron chi connectivity index (χ1n) is 9.92. The standard InChI is InChI=1S/C19H30N4O/c24-19(18-8-7-16-5-1-2-6-17(16)12-18)22-10-3-4-15(13-22)14-23-11-9-20-21-23/h9,11,15-18H,1-8,10,12-14H2. The number of aromatic nitrogens is 3. The van der Waals surface area contributed by atoms with Crippen LogP contribution in [0.4, 0.5) is 0 Å². The van der Waals surface area contributed by atoms with Crippen LogP contribution < -0.4 is 0 Å². The summed E-state index contributed by atoms with van der Waals surface area (Å²) in [5.41, 5.74) is 0. The lowest BCUT2D eigenvalue weighted by Gasteiger charge is -2.41. The first kappa shape index (κ1) is 16.1. The first-order chi connectivity index (χ1) is 11.8. The molecule has 1 aromatic heterocycles. The zero-order chi connectivity index (χ0) is 16.4. The minimum absolute atomic E-state index is 0.300. The predicted molar refractivity (Wildman–Crippen MR) is 92.1 cm³/mol. The summed E-state index contributed by atoms with van der Waals surface area (Å²) in [5, 5.41) is 7.96. The fourth-order valence-electron chi connectivity index (χ4n) is 5.36. The molecule has 4 rings (SSSR count). The highest BCUT2D eigenvalue weighted by atomic mass is 16.2. The van der Waals surface area contributed by atoms with Gasteiger partial charge in [0.15, 0.2) is 0 Å². The van der Waals surface area contributed by atoms with Gasteiger partial charge in [0.1, 0.15) is 0 Å². The Morgan fingerprint density at radius 2 is 1.92 bits per heavy atom. The fourth-order valence-corrected chi connectivity index (χ4v) is 5.36. The minimum atomic E-state index is 0.300. The zero-order valence-electron chi connectivity index (χ0n) is 14.6. The normalized spacial score (nSPS) is 33.9. The predicted octanol–water partition coefficient (Wildman–Crippen LogP) is 3.12. The van der Waals surface area contributed by atoms with E-state index in [-0.39, 0.29) is 0 Å². The molecule has 2 saturated carbocycles. The number of hydrogen-bond acceptors (Lipinski definition) is 3. The molecule has 2 heterocycles. The van der Waals surface area contributed by atoms with Gasteiger partial charge in [0, 0.05) is 31.7 Å². The SMILES string of the molecule is O=C(C1CCC2CCCCC2C1)N1CCCC(Cn2ccnn2)C1. The van der Waals surface area contributed by atoms with E-state index in [1.165, 1.54) is 38.5 Å². The number of carbonyl (C=O) groups excluding carboxylic acids is 1. The third kappa shape index (κ3) is 3.50. The number of piperidine rings is 1. The Hall–Kier alpha value is -1.39. The summed E-state index contributed by atoms with van der Waals surface area (Å²) in [6.45, 7) is 2.75. The van der Waals surface area contributed by atoms with Gasteiger partial charge in [-0.25, -0.2) is 0 Å². The Morgan fingerprint density at radius 1 is 1.04 bits per heavy atom. The molecule has 0 N–H and O–H groups in total. The first-order valence-corrected chi connectivity index (χ1v) is 9.92. The van der Waals surface area contributed by atoms with Crippen LogP contribution in [0.5, 0.6) is 0 Å². The second-order valence-corrected chi connectivity index (χ2v) is 8.23. The number of carbonyl (C=O) groups is 1. The maximum atomic E-state index is 13.1. The third-order valence-electron chi connectivity index (χ3n) is 6.64. The summed E-state index contributed by atoms with van der Waals surface area (Å²) in [6, 6.07) is 0. The van der Waals surface area contributed by atoms with Gasteiger partial charge in [-0.1, -0.05) is 30.9 Å². The molecule has 5 heteroatoms. The van der Waals surface area contributed by atoms with E-state index < -0.39 is 0 Å². The van der Waals surface area contributed by atoms with Gasteiger partial charge >= 0.3 is 0 Å². The maximum Gasteiger partial charge on any atom is 0.225 e. The highest BCUT2D eigenvalue weighted by molar-refractivity contribution is 5.79. The second kappa shape index (κ2) is 7.24. The molecule has 0 aromatic carbocycles. The third-order valence-corrected chi connectivity index (χ3v) is 6.64. The molecule has 0 bridgehead atoms. The summed E-state index contributed by atoms with van der Waals surface area (Å²) in [4.78, 5) is 15.2. The van der Waals surface area contributed by atoms with Gasteiger partial charge in [0.2, 0.25) is 5.91 Å². The van der Waals surface area contributed by atoms with Crippen LogP contribution in [0.25, 0.3) is 0 Å². The van der Waals surface area contributed by atoms with E-state index in [9.17, 15) is 4.79 Å². The molecule has 3 aliphatic rings. The van der Waals surface area contributed by atoms with E-state index in [0.717, 1.165) is 50.7 Å². The Labute approximate surface area is 144 Å². The molecule has 0 radical (unpaired) electrons. The van der Waals surface area contributed by atoms with Crippen molar-refractivity contribution in [1.29, 1.82) is 0 Å². The average Bonchev–Trinajstić information content (AvgIpc) is 3.14. The lowest BCUT2D eigenvalue weighted by molar-refractivity contribution is -0.140. The number of rotatable bonds is 3. The molecule has 4 unspecified atom stereocenters. The van der Waals surface area contributed by atoms with Gasteiger partial charge in [-0.05, 0) is 49.9 Å². The van der Waals surface area contributed by atoms with Crippen molar-refractivity contribution in [2.45, 2.75) is 64.3 Å². The number of likely N-dealkylation sites (tertiary alicyclic amines) is 1. The van der Waals surface area contributed by atoms with Crippen LogP contribution in [-0.4, -0.2) is 38.9 Å². The topological polar surface area (TPSA) is 51.0 Å². The minimum Gasteiger partial charge on any atom is -0.342 e. The fraction of sp³-hybridized carbons (Fsp3) is 0.842. The van der Waals surface area contributed by atoms with E-state index >= 15 is 0 Å². The molecule has 1 saturated heterocycles. The van der Waals surface area contributed by atoms with Crippen LogP contribution in [-0.2, 0) is 11.3 Å². The lowest BCUT2D eigenvalue weighted by atomic mass is 9.67. The summed E-state index contributed by atoms with van der Waals surface area (Å²) in [7, 11) is 0. The smallest absolute Gasteiger partial charge is 0.225 e. The molecule has 1 amide bonds. The Morgan fingerprint density at radius 3 is 2.75 bits per heavy atom. The quantitative estimate of drug-likeness (QED) is 0.855. The molecule has 1 aliphatic heterocycles. The second-order valence-electron chi connectivity index (χ2n) is 8.23. The zero-order valence-corrected chi connectivity index (χ0v) is 14.6. The highest BCUT2D eigenvalue weighted by Gasteiger charge is 2.37. The van der Waals surface area contributed by atoms with E-state index in [2.05, 4.69) is 15.2 Å². The van der Waals surface area contributed by atoms with Crippen LogP contribution >= 0.6 is 0 Å². The van der Waals surface area contributed by atoms with Crippen LogP contribution in [0.3, 0.4) is 0 Å². The molecule has 0 spiro atoms. The maximum absolute atomic E-state index is 13.1.